The highest BCUT2D eigenvalue weighted by molar-refractivity contribution is 7.92. The normalized spacial score (nSPS) is 11.2. The summed E-state index contributed by atoms with van der Waals surface area (Å²) in [5.41, 5.74) is 0.137. The predicted molar refractivity (Wildman–Crippen MR) is 107 cm³/mol. The number of furan rings is 1. The number of carboxylic acids is 1. The second-order valence-electron chi connectivity index (χ2n) is 5.68. The molecule has 1 aromatic heterocycles. The molecule has 7 nitrogen and oxygen atoms in total. The van der Waals surface area contributed by atoms with E-state index in [0.29, 0.717) is 10.8 Å². The molecule has 0 spiro atoms. The maximum atomic E-state index is 12.7. The molecule has 0 radical (unpaired) electrons. The van der Waals surface area contributed by atoms with E-state index in [2.05, 4.69) is 10.0 Å². The summed E-state index contributed by atoms with van der Waals surface area (Å²) in [6, 6.07) is 11.8. The van der Waals surface area contributed by atoms with Crippen molar-refractivity contribution in [2.75, 3.05) is 10.0 Å². The lowest BCUT2D eigenvalue weighted by molar-refractivity contribution is 0.0697. The van der Waals surface area contributed by atoms with Gasteiger partial charge in [0, 0.05) is 5.02 Å². The van der Waals surface area contributed by atoms with Crippen LogP contribution in [0.1, 0.15) is 16.1 Å². The van der Waals surface area contributed by atoms with E-state index in [1.807, 2.05) is 0 Å². The van der Waals surface area contributed by atoms with Crippen molar-refractivity contribution in [3.63, 3.8) is 0 Å². The smallest absolute Gasteiger partial charge is 0.337 e. The highest BCUT2D eigenvalue weighted by atomic mass is 35.5. The van der Waals surface area contributed by atoms with E-state index in [1.165, 1.54) is 24.5 Å². The molecule has 0 saturated heterocycles. The van der Waals surface area contributed by atoms with Gasteiger partial charge in [0.2, 0.25) is 0 Å². The molecule has 2 aromatic carbocycles. The van der Waals surface area contributed by atoms with E-state index in [0.717, 1.165) is 6.07 Å². The molecule has 0 aliphatic rings. The van der Waals surface area contributed by atoms with Gasteiger partial charge in [0.25, 0.3) is 10.0 Å². The van der Waals surface area contributed by atoms with E-state index in [1.54, 1.807) is 24.3 Å². The molecule has 0 fully saturated rings. The zero-order valence-corrected chi connectivity index (χ0v) is 16.5. The largest absolute Gasteiger partial charge is 0.478 e. The molecule has 3 aromatic rings. The third kappa shape index (κ3) is 4.59. The Kier molecular flexibility index (Phi) is 5.83. The second kappa shape index (κ2) is 8.14. The van der Waals surface area contributed by atoms with E-state index < -0.39 is 16.0 Å². The molecule has 3 N–H and O–H groups in total. The summed E-state index contributed by atoms with van der Waals surface area (Å²) in [4.78, 5) is 11.3. The Bertz CT molecular complexity index is 1120. The number of anilines is 2. The second-order valence-corrected chi connectivity index (χ2v) is 8.18. The summed E-state index contributed by atoms with van der Waals surface area (Å²) in [6.45, 7) is 0.205. The van der Waals surface area contributed by atoms with Crippen molar-refractivity contribution in [2.45, 2.75) is 11.4 Å². The Balaban J connectivity index is 1.94. The van der Waals surface area contributed by atoms with Gasteiger partial charge in [-0.1, -0.05) is 29.3 Å². The van der Waals surface area contributed by atoms with E-state index >= 15 is 0 Å². The van der Waals surface area contributed by atoms with E-state index in [-0.39, 0.29) is 33.4 Å². The monoisotopic (exact) mass is 440 g/mol. The van der Waals surface area contributed by atoms with Crippen LogP contribution in [0.15, 0.2) is 64.1 Å². The zero-order chi connectivity index (χ0) is 20.3. The highest BCUT2D eigenvalue weighted by Gasteiger charge is 2.23. The third-order valence-electron chi connectivity index (χ3n) is 3.70. The quantitative estimate of drug-likeness (QED) is 0.491. The van der Waals surface area contributed by atoms with Gasteiger partial charge >= 0.3 is 5.97 Å². The first-order valence-electron chi connectivity index (χ1n) is 7.88. The van der Waals surface area contributed by atoms with Gasteiger partial charge in [0.05, 0.1) is 34.8 Å². The lowest BCUT2D eigenvalue weighted by atomic mass is 10.1. The van der Waals surface area contributed by atoms with Gasteiger partial charge in [-0.25, -0.2) is 13.2 Å². The van der Waals surface area contributed by atoms with E-state index in [9.17, 15) is 18.3 Å². The van der Waals surface area contributed by atoms with Crippen molar-refractivity contribution in [2.24, 2.45) is 0 Å². The number of benzene rings is 2. The summed E-state index contributed by atoms with van der Waals surface area (Å²) in [5.74, 6) is -0.732. The lowest BCUT2D eigenvalue weighted by Gasteiger charge is -2.14. The first-order valence-corrected chi connectivity index (χ1v) is 10.1. The molecule has 0 bridgehead atoms. The maximum Gasteiger partial charge on any atom is 0.337 e. The van der Waals surface area contributed by atoms with Gasteiger partial charge in [-0.3, -0.25) is 4.72 Å². The Hall–Kier alpha value is -2.68. The molecule has 10 heteroatoms. The number of hydrogen-bond donors (Lipinski definition) is 3. The number of rotatable bonds is 7. The fraction of sp³-hybridized carbons (Fsp3) is 0.0556. The summed E-state index contributed by atoms with van der Waals surface area (Å²) in [7, 11) is -4.14. The van der Waals surface area contributed by atoms with Crippen molar-refractivity contribution in [1.82, 2.24) is 0 Å². The molecule has 28 heavy (non-hydrogen) atoms. The standard InChI is InChI=1S/C18H14Cl2N2O5S/c19-11-3-1-4-12(7-11)22-28(25,26)17-8-14(18(23)24)16(9-15(17)20)21-10-13-5-2-6-27-13/h1-9,21-22H,10H2,(H,23,24). The summed E-state index contributed by atoms with van der Waals surface area (Å²) in [5, 5.41) is 12.6. The fourth-order valence-corrected chi connectivity index (χ4v) is 4.23. The number of sulfonamides is 1. The molecule has 0 aliphatic carbocycles. The number of aromatic carboxylic acids is 1. The lowest BCUT2D eigenvalue weighted by Crippen LogP contribution is -2.15. The van der Waals surface area contributed by atoms with Crippen molar-refractivity contribution in [3.8, 4) is 0 Å². The van der Waals surface area contributed by atoms with Crippen LogP contribution in [0.3, 0.4) is 0 Å². The fourth-order valence-electron chi connectivity index (χ4n) is 2.44. The molecular formula is C18H14Cl2N2O5S. The average molecular weight is 441 g/mol. The predicted octanol–water partition coefficient (Wildman–Crippen LogP) is 4.70. The Morgan fingerprint density at radius 1 is 1.11 bits per heavy atom. The van der Waals surface area contributed by atoms with Gasteiger partial charge in [-0.15, -0.1) is 0 Å². The topological polar surface area (TPSA) is 109 Å². The minimum Gasteiger partial charge on any atom is -0.478 e. The van der Waals surface area contributed by atoms with Crippen molar-refractivity contribution in [3.05, 3.63) is 76.2 Å². The van der Waals surface area contributed by atoms with Crippen molar-refractivity contribution < 1.29 is 22.7 Å². The number of hydrogen-bond acceptors (Lipinski definition) is 5. The molecule has 146 valence electrons. The molecule has 1 heterocycles. The summed E-state index contributed by atoms with van der Waals surface area (Å²) >= 11 is 12.0. The van der Waals surface area contributed by atoms with Crippen molar-refractivity contribution in [1.29, 1.82) is 0 Å². The highest BCUT2D eigenvalue weighted by Crippen LogP contribution is 2.31. The number of halogens is 2. The Morgan fingerprint density at radius 3 is 2.54 bits per heavy atom. The van der Waals surface area contributed by atoms with Crippen LogP contribution in [0.5, 0.6) is 0 Å². The number of carboxylic acid groups (broad SMARTS) is 1. The van der Waals surface area contributed by atoms with Crippen LogP contribution in [-0.2, 0) is 16.6 Å². The molecule has 0 amide bonds. The van der Waals surface area contributed by atoms with Crippen LogP contribution in [0.25, 0.3) is 0 Å². The minimum atomic E-state index is -4.14. The SMILES string of the molecule is O=C(O)c1cc(S(=O)(=O)Nc2cccc(Cl)c2)c(Cl)cc1NCc1ccco1. The molecule has 0 saturated carbocycles. The van der Waals surface area contributed by atoms with Gasteiger partial charge in [0.1, 0.15) is 10.7 Å². The van der Waals surface area contributed by atoms with Gasteiger partial charge < -0.3 is 14.8 Å². The van der Waals surface area contributed by atoms with Crippen LogP contribution in [-0.4, -0.2) is 19.5 Å². The minimum absolute atomic E-state index is 0.138. The van der Waals surface area contributed by atoms with Crippen LogP contribution < -0.4 is 10.0 Å². The third-order valence-corrected chi connectivity index (χ3v) is 5.78. The molecule has 0 unspecified atom stereocenters. The van der Waals surface area contributed by atoms with Gasteiger partial charge in [-0.2, -0.15) is 0 Å². The Labute approximate surface area is 170 Å². The van der Waals surface area contributed by atoms with Crippen LogP contribution >= 0.6 is 23.2 Å². The van der Waals surface area contributed by atoms with Crippen LogP contribution in [0.2, 0.25) is 10.0 Å². The summed E-state index contributed by atoms with van der Waals surface area (Å²) < 4.78 is 32.9. The number of nitrogens with one attached hydrogen (secondary N) is 2. The maximum absolute atomic E-state index is 12.7. The molecule has 3 rings (SSSR count). The first kappa shape index (κ1) is 20.1. The number of carbonyl (C=O) groups is 1. The Morgan fingerprint density at radius 2 is 1.89 bits per heavy atom. The summed E-state index contributed by atoms with van der Waals surface area (Å²) in [6.07, 6.45) is 1.49. The molecule has 0 atom stereocenters. The first-order chi connectivity index (χ1) is 13.3. The van der Waals surface area contributed by atoms with E-state index in [4.69, 9.17) is 27.6 Å². The van der Waals surface area contributed by atoms with Gasteiger partial charge in [-0.05, 0) is 42.5 Å². The van der Waals surface area contributed by atoms with Crippen LogP contribution in [0.4, 0.5) is 11.4 Å². The zero-order valence-electron chi connectivity index (χ0n) is 14.1. The van der Waals surface area contributed by atoms with Crippen LogP contribution in [0, 0.1) is 0 Å². The van der Waals surface area contributed by atoms with Crippen molar-refractivity contribution >= 4 is 50.6 Å². The molecular weight excluding hydrogens is 427 g/mol. The van der Waals surface area contributed by atoms with Gasteiger partial charge in [0.15, 0.2) is 0 Å². The molecule has 0 aliphatic heterocycles. The average Bonchev–Trinajstić information content (AvgIpc) is 3.12.